The van der Waals surface area contributed by atoms with Gasteiger partial charge in [0.05, 0.1) is 17.6 Å². The first kappa shape index (κ1) is 9.59. The lowest BCUT2D eigenvalue weighted by molar-refractivity contribution is 0.124. The van der Waals surface area contributed by atoms with E-state index in [9.17, 15) is 5.11 Å². The van der Waals surface area contributed by atoms with Crippen LogP contribution in [0.5, 0.6) is 0 Å². The lowest BCUT2D eigenvalue weighted by atomic mass is 10.1. The summed E-state index contributed by atoms with van der Waals surface area (Å²) in [5.41, 5.74) is 0.961. The van der Waals surface area contributed by atoms with Gasteiger partial charge in [-0.25, -0.2) is 0 Å². The number of rotatable bonds is 3. The SMILES string of the molecule is CCCC1CC1(O)c1cnc(C)cn1. The first-order valence-corrected chi connectivity index (χ1v) is 5.18. The van der Waals surface area contributed by atoms with Crippen LogP contribution in [-0.4, -0.2) is 15.1 Å². The second-order valence-electron chi connectivity index (χ2n) is 4.16. The minimum absolute atomic E-state index is 0.393. The summed E-state index contributed by atoms with van der Waals surface area (Å²) in [4.78, 5) is 8.39. The standard InChI is InChI=1S/C11H16N2O/c1-3-4-9-5-11(9,14)10-7-12-8(2)6-13-10/h6-7,9,14H,3-5H2,1-2H3. The van der Waals surface area contributed by atoms with Crippen LogP contribution in [0.4, 0.5) is 0 Å². The Kier molecular flexibility index (Phi) is 2.27. The van der Waals surface area contributed by atoms with Crippen molar-refractivity contribution in [3.8, 4) is 0 Å². The van der Waals surface area contributed by atoms with Crippen molar-refractivity contribution in [2.75, 3.05) is 0 Å². The van der Waals surface area contributed by atoms with Gasteiger partial charge in [-0.1, -0.05) is 13.3 Å². The molecular weight excluding hydrogens is 176 g/mol. The Balaban J connectivity index is 2.13. The number of aromatic nitrogens is 2. The molecule has 1 aliphatic rings. The van der Waals surface area contributed by atoms with Gasteiger partial charge in [-0.15, -0.1) is 0 Å². The molecule has 1 aromatic heterocycles. The van der Waals surface area contributed by atoms with Gasteiger partial charge < -0.3 is 5.11 Å². The van der Waals surface area contributed by atoms with Gasteiger partial charge in [-0.3, -0.25) is 9.97 Å². The quantitative estimate of drug-likeness (QED) is 0.794. The van der Waals surface area contributed by atoms with Gasteiger partial charge in [0.2, 0.25) is 0 Å². The van der Waals surface area contributed by atoms with Crippen molar-refractivity contribution in [1.82, 2.24) is 9.97 Å². The first-order valence-electron chi connectivity index (χ1n) is 5.18. The van der Waals surface area contributed by atoms with Crippen molar-refractivity contribution in [2.45, 2.75) is 38.7 Å². The van der Waals surface area contributed by atoms with Crippen LogP contribution in [-0.2, 0) is 5.60 Å². The highest BCUT2D eigenvalue weighted by atomic mass is 16.3. The van der Waals surface area contributed by atoms with Crippen LogP contribution in [0.25, 0.3) is 0 Å². The van der Waals surface area contributed by atoms with E-state index in [4.69, 9.17) is 0 Å². The lowest BCUT2D eigenvalue weighted by Crippen LogP contribution is -2.11. The van der Waals surface area contributed by atoms with Crippen molar-refractivity contribution >= 4 is 0 Å². The molecule has 2 rings (SSSR count). The van der Waals surface area contributed by atoms with E-state index in [1.165, 1.54) is 0 Å². The molecule has 0 amide bonds. The first-order chi connectivity index (χ1) is 6.66. The highest BCUT2D eigenvalue weighted by molar-refractivity contribution is 5.20. The van der Waals surface area contributed by atoms with Gasteiger partial charge in [0, 0.05) is 6.20 Å². The van der Waals surface area contributed by atoms with Crippen LogP contribution in [0.2, 0.25) is 0 Å². The summed E-state index contributed by atoms with van der Waals surface area (Å²) in [6.07, 6.45) is 6.45. The van der Waals surface area contributed by atoms with Gasteiger partial charge in [-0.05, 0) is 25.7 Å². The van der Waals surface area contributed by atoms with E-state index >= 15 is 0 Å². The number of aliphatic hydroxyl groups is 1. The smallest absolute Gasteiger partial charge is 0.111 e. The molecule has 0 saturated heterocycles. The normalized spacial score (nSPS) is 30.4. The van der Waals surface area contributed by atoms with E-state index in [2.05, 4.69) is 16.9 Å². The molecule has 2 atom stereocenters. The zero-order valence-corrected chi connectivity index (χ0v) is 8.70. The fourth-order valence-electron chi connectivity index (χ4n) is 1.94. The average molecular weight is 192 g/mol. The Morgan fingerprint density at radius 1 is 1.50 bits per heavy atom. The van der Waals surface area contributed by atoms with Crippen LogP contribution in [0.3, 0.4) is 0 Å². The summed E-state index contributed by atoms with van der Waals surface area (Å²) >= 11 is 0. The van der Waals surface area contributed by atoms with E-state index in [1.54, 1.807) is 12.4 Å². The van der Waals surface area contributed by atoms with E-state index in [-0.39, 0.29) is 0 Å². The molecule has 1 N–H and O–H groups in total. The minimum atomic E-state index is -0.670. The predicted molar refractivity (Wildman–Crippen MR) is 53.7 cm³/mol. The summed E-state index contributed by atoms with van der Waals surface area (Å²) in [5.74, 6) is 0.393. The number of nitrogens with zero attached hydrogens (tertiary/aromatic N) is 2. The molecule has 3 nitrogen and oxygen atoms in total. The van der Waals surface area contributed by atoms with Crippen LogP contribution in [0, 0.1) is 12.8 Å². The third kappa shape index (κ3) is 1.52. The molecule has 1 aromatic rings. The molecule has 0 bridgehead atoms. The molecule has 1 aliphatic carbocycles. The Bertz CT molecular complexity index is 323. The highest BCUT2D eigenvalue weighted by Crippen LogP contribution is 2.53. The zero-order valence-electron chi connectivity index (χ0n) is 8.70. The maximum Gasteiger partial charge on any atom is 0.111 e. The van der Waals surface area contributed by atoms with Crippen LogP contribution in [0.15, 0.2) is 12.4 Å². The number of hydrogen-bond acceptors (Lipinski definition) is 3. The van der Waals surface area contributed by atoms with E-state index in [0.29, 0.717) is 5.92 Å². The summed E-state index contributed by atoms with van der Waals surface area (Å²) in [5, 5.41) is 10.2. The zero-order chi connectivity index (χ0) is 10.2. The van der Waals surface area contributed by atoms with E-state index in [0.717, 1.165) is 30.7 Å². The van der Waals surface area contributed by atoms with E-state index in [1.807, 2.05) is 6.92 Å². The molecule has 1 fully saturated rings. The van der Waals surface area contributed by atoms with Gasteiger partial charge in [0.25, 0.3) is 0 Å². The Hall–Kier alpha value is -0.960. The fourth-order valence-corrected chi connectivity index (χ4v) is 1.94. The monoisotopic (exact) mass is 192 g/mol. The Labute approximate surface area is 84.2 Å². The van der Waals surface area contributed by atoms with Gasteiger partial charge in [0.15, 0.2) is 0 Å². The van der Waals surface area contributed by atoms with Crippen molar-refractivity contribution < 1.29 is 5.11 Å². The molecule has 1 heterocycles. The van der Waals surface area contributed by atoms with Crippen LogP contribution < -0.4 is 0 Å². The average Bonchev–Trinajstić information content (AvgIpc) is 2.80. The maximum absolute atomic E-state index is 10.2. The highest BCUT2D eigenvalue weighted by Gasteiger charge is 2.54. The summed E-state index contributed by atoms with van der Waals surface area (Å²) in [6, 6.07) is 0. The molecule has 76 valence electrons. The summed E-state index contributed by atoms with van der Waals surface area (Å²) in [6.45, 7) is 4.04. The number of aryl methyl sites for hydroxylation is 1. The third-order valence-corrected chi connectivity index (χ3v) is 2.93. The van der Waals surface area contributed by atoms with Crippen molar-refractivity contribution in [3.63, 3.8) is 0 Å². The van der Waals surface area contributed by atoms with E-state index < -0.39 is 5.60 Å². The molecule has 1 saturated carbocycles. The molecule has 0 aromatic carbocycles. The van der Waals surface area contributed by atoms with Crippen molar-refractivity contribution in [1.29, 1.82) is 0 Å². The second-order valence-corrected chi connectivity index (χ2v) is 4.16. The molecule has 3 heteroatoms. The third-order valence-electron chi connectivity index (χ3n) is 2.93. The lowest BCUT2D eigenvalue weighted by Gasteiger charge is -2.08. The van der Waals surface area contributed by atoms with Crippen LogP contribution >= 0.6 is 0 Å². The maximum atomic E-state index is 10.2. The topological polar surface area (TPSA) is 46.0 Å². The van der Waals surface area contributed by atoms with Crippen molar-refractivity contribution in [2.24, 2.45) is 5.92 Å². The van der Waals surface area contributed by atoms with Gasteiger partial charge in [0.1, 0.15) is 5.60 Å². The van der Waals surface area contributed by atoms with Gasteiger partial charge in [-0.2, -0.15) is 0 Å². The summed E-state index contributed by atoms with van der Waals surface area (Å²) < 4.78 is 0. The van der Waals surface area contributed by atoms with Crippen LogP contribution in [0.1, 0.15) is 37.6 Å². The Morgan fingerprint density at radius 2 is 2.29 bits per heavy atom. The molecule has 14 heavy (non-hydrogen) atoms. The van der Waals surface area contributed by atoms with Crippen molar-refractivity contribution in [3.05, 3.63) is 23.8 Å². The Morgan fingerprint density at radius 3 is 2.86 bits per heavy atom. The van der Waals surface area contributed by atoms with Gasteiger partial charge >= 0.3 is 0 Å². The molecule has 0 aliphatic heterocycles. The molecule has 0 spiro atoms. The minimum Gasteiger partial charge on any atom is -0.383 e. The molecule has 2 unspecified atom stereocenters. The fraction of sp³-hybridized carbons (Fsp3) is 0.636. The largest absolute Gasteiger partial charge is 0.383 e. The number of hydrogen-bond donors (Lipinski definition) is 1. The molecule has 0 radical (unpaired) electrons. The predicted octanol–water partition coefficient (Wildman–Crippen LogP) is 1.79. The molecular formula is C11H16N2O. The summed E-state index contributed by atoms with van der Waals surface area (Å²) in [7, 11) is 0. The second kappa shape index (κ2) is 3.31.